The maximum absolute atomic E-state index is 12.0. The molecule has 5 nitrogen and oxygen atoms in total. The Kier molecular flexibility index (Phi) is 6.98. The lowest BCUT2D eigenvalue weighted by Gasteiger charge is -2.16. The van der Waals surface area contributed by atoms with Crippen molar-refractivity contribution in [2.24, 2.45) is 5.73 Å². The van der Waals surface area contributed by atoms with Gasteiger partial charge in [0, 0.05) is 6.42 Å². The van der Waals surface area contributed by atoms with Crippen molar-refractivity contribution in [3.8, 4) is 0 Å². The van der Waals surface area contributed by atoms with Crippen LogP contribution in [-0.4, -0.2) is 30.9 Å². The Morgan fingerprint density at radius 2 is 1.50 bits per heavy atom. The molecular formula is C19H23N3O2. The molecule has 2 aromatic carbocycles. The Morgan fingerprint density at radius 3 is 2.08 bits per heavy atom. The zero-order valence-electron chi connectivity index (χ0n) is 13.6. The minimum atomic E-state index is -0.698. The third-order valence-corrected chi connectivity index (χ3v) is 3.68. The number of rotatable bonds is 9. The molecule has 0 saturated carbocycles. The molecular weight excluding hydrogens is 302 g/mol. The molecule has 0 saturated heterocycles. The van der Waals surface area contributed by atoms with Crippen molar-refractivity contribution in [1.82, 2.24) is 10.6 Å². The van der Waals surface area contributed by atoms with Crippen LogP contribution in [0.15, 0.2) is 60.7 Å². The summed E-state index contributed by atoms with van der Waals surface area (Å²) in [5, 5.41) is 5.77. The van der Waals surface area contributed by atoms with Gasteiger partial charge < -0.3 is 16.4 Å². The topological polar surface area (TPSA) is 84.2 Å². The fourth-order valence-electron chi connectivity index (χ4n) is 2.40. The molecule has 1 atom stereocenters. The van der Waals surface area contributed by atoms with E-state index in [0.29, 0.717) is 13.0 Å². The summed E-state index contributed by atoms with van der Waals surface area (Å²) >= 11 is 0. The zero-order chi connectivity index (χ0) is 17.2. The molecule has 126 valence electrons. The number of amides is 2. The molecule has 0 aliphatic rings. The minimum Gasteiger partial charge on any atom is -0.368 e. The number of benzene rings is 2. The van der Waals surface area contributed by atoms with E-state index in [1.54, 1.807) is 0 Å². The molecule has 2 rings (SSSR count). The fraction of sp³-hybridized carbons (Fsp3) is 0.263. The lowest BCUT2D eigenvalue weighted by Crippen LogP contribution is -2.48. The van der Waals surface area contributed by atoms with Gasteiger partial charge in [-0.3, -0.25) is 9.59 Å². The quantitative estimate of drug-likeness (QED) is 0.602. The highest BCUT2D eigenvalue weighted by Gasteiger charge is 2.18. The first-order chi connectivity index (χ1) is 11.6. The summed E-state index contributed by atoms with van der Waals surface area (Å²) in [4.78, 5) is 23.5. The molecule has 5 heteroatoms. The highest BCUT2D eigenvalue weighted by molar-refractivity contribution is 5.87. The monoisotopic (exact) mass is 325 g/mol. The number of hydrogen-bond donors (Lipinski definition) is 3. The van der Waals surface area contributed by atoms with E-state index in [2.05, 4.69) is 10.6 Å². The molecule has 2 aromatic rings. The Hall–Kier alpha value is -2.66. The van der Waals surface area contributed by atoms with Crippen LogP contribution in [0.2, 0.25) is 0 Å². The van der Waals surface area contributed by atoms with Crippen LogP contribution in [-0.2, 0) is 22.4 Å². The maximum Gasteiger partial charge on any atom is 0.240 e. The van der Waals surface area contributed by atoms with Gasteiger partial charge in [-0.05, 0) is 24.1 Å². The van der Waals surface area contributed by atoms with Crippen LogP contribution >= 0.6 is 0 Å². The van der Waals surface area contributed by atoms with Crippen molar-refractivity contribution in [2.75, 3.05) is 13.1 Å². The number of nitrogens with one attached hydrogen (secondary N) is 2. The number of primary amides is 1. The number of carbonyl (C=O) groups is 2. The first-order valence-electron chi connectivity index (χ1n) is 8.02. The van der Waals surface area contributed by atoms with Crippen LogP contribution in [0.1, 0.15) is 11.1 Å². The van der Waals surface area contributed by atoms with E-state index in [4.69, 9.17) is 5.73 Å². The summed E-state index contributed by atoms with van der Waals surface area (Å²) in [7, 11) is 0. The van der Waals surface area contributed by atoms with Crippen LogP contribution in [0.5, 0.6) is 0 Å². The van der Waals surface area contributed by atoms with E-state index in [9.17, 15) is 9.59 Å². The van der Waals surface area contributed by atoms with E-state index in [1.165, 1.54) is 5.56 Å². The Balaban J connectivity index is 1.73. The Labute approximate surface area is 142 Å². The SMILES string of the molecule is NC(=O)C(Cc1ccccc1)NC(=O)CNCCc1ccccc1. The molecule has 24 heavy (non-hydrogen) atoms. The summed E-state index contributed by atoms with van der Waals surface area (Å²) in [5.74, 6) is -0.765. The molecule has 0 aliphatic heterocycles. The van der Waals surface area contributed by atoms with Gasteiger partial charge in [-0.1, -0.05) is 60.7 Å². The smallest absolute Gasteiger partial charge is 0.240 e. The highest BCUT2D eigenvalue weighted by atomic mass is 16.2. The molecule has 0 aromatic heterocycles. The second kappa shape index (κ2) is 9.47. The maximum atomic E-state index is 12.0. The predicted molar refractivity (Wildman–Crippen MR) is 94.3 cm³/mol. The molecule has 1 unspecified atom stereocenters. The largest absolute Gasteiger partial charge is 0.368 e. The average Bonchev–Trinajstić information content (AvgIpc) is 2.60. The first kappa shape index (κ1) is 17.7. The van der Waals surface area contributed by atoms with E-state index < -0.39 is 11.9 Å². The van der Waals surface area contributed by atoms with Crippen LogP contribution < -0.4 is 16.4 Å². The molecule has 0 bridgehead atoms. The number of hydrogen-bond acceptors (Lipinski definition) is 3. The van der Waals surface area contributed by atoms with Gasteiger partial charge in [-0.15, -0.1) is 0 Å². The minimum absolute atomic E-state index is 0.158. The van der Waals surface area contributed by atoms with Gasteiger partial charge >= 0.3 is 0 Å². The molecule has 0 aliphatic carbocycles. The summed E-state index contributed by atoms with van der Waals surface area (Å²) in [6, 6.07) is 18.8. The predicted octanol–water partition coefficient (Wildman–Crippen LogP) is 1.03. The molecule has 0 radical (unpaired) electrons. The molecule has 0 fully saturated rings. The van der Waals surface area contributed by atoms with Gasteiger partial charge in [0.15, 0.2) is 0 Å². The Morgan fingerprint density at radius 1 is 0.917 bits per heavy atom. The first-order valence-corrected chi connectivity index (χ1v) is 8.02. The van der Waals surface area contributed by atoms with Crippen molar-refractivity contribution in [3.63, 3.8) is 0 Å². The second-order valence-electron chi connectivity index (χ2n) is 5.62. The average molecular weight is 325 g/mol. The van der Waals surface area contributed by atoms with Crippen molar-refractivity contribution in [3.05, 3.63) is 71.8 Å². The van der Waals surface area contributed by atoms with E-state index in [1.807, 2.05) is 60.7 Å². The van der Waals surface area contributed by atoms with Crippen LogP contribution in [0, 0.1) is 0 Å². The van der Waals surface area contributed by atoms with Crippen LogP contribution in [0.4, 0.5) is 0 Å². The molecule has 0 heterocycles. The summed E-state index contributed by atoms with van der Waals surface area (Å²) in [6.07, 6.45) is 1.24. The van der Waals surface area contributed by atoms with E-state index in [-0.39, 0.29) is 12.5 Å². The molecule has 4 N–H and O–H groups in total. The van der Waals surface area contributed by atoms with Gasteiger partial charge in [0.2, 0.25) is 11.8 Å². The van der Waals surface area contributed by atoms with Crippen LogP contribution in [0.25, 0.3) is 0 Å². The van der Waals surface area contributed by atoms with Gasteiger partial charge in [0.05, 0.1) is 6.54 Å². The summed E-state index contributed by atoms with van der Waals surface area (Å²) in [5.41, 5.74) is 7.56. The van der Waals surface area contributed by atoms with Crippen molar-refractivity contribution < 1.29 is 9.59 Å². The van der Waals surface area contributed by atoms with E-state index >= 15 is 0 Å². The normalized spacial score (nSPS) is 11.7. The summed E-state index contributed by atoms with van der Waals surface area (Å²) in [6.45, 7) is 0.850. The van der Waals surface area contributed by atoms with Gasteiger partial charge in [0.25, 0.3) is 0 Å². The summed E-state index contributed by atoms with van der Waals surface area (Å²) < 4.78 is 0. The van der Waals surface area contributed by atoms with Gasteiger partial charge in [0.1, 0.15) is 6.04 Å². The Bertz CT molecular complexity index is 644. The van der Waals surface area contributed by atoms with Crippen molar-refractivity contribution >= 4 is 11.8 Å². The lowest BCUT2D eigenvalue weighted by molar-refractivity contribution is -0.126. The third-order valence-electron chi connectivity index (χ3n) is 3.68. The number of carbonyl (C=O) groups excluding carboxylic acids is 2. The van der Waals surface area contributed by atoms with E-state index in [0.717, 1.165) is 12.0 Å². The van der Waals surface area contributed by atoms with Crippen molar-refractivity contribution in [2.45, 2.75) is 18.9 Å². The fourth-order valence-corrected chi connectivity index (χ4v) is 2.40. The van der Waals surface area contributed by atoms with Crippen molar-refractivity contribution in [1.29, 1.82) is 0 Å². The number of nitrogens with two attached hydrogens (primary N) is 1. The zero-order valence-corrected chi connectivity index (χ0v) is 13.6. The third kappa shape index (κ3) is 6.22. The molecule has 2 amide bonds. The second-order valence-corrected chi connectivity index (χ2v) is 5.62. The lowest BCUT2D eigenvalue weighted by atomic mass is 10.1. The standard InChI is InChI=1S/C19H23N3O2/c20-19(24)17(13-16-9-5-2-6-10-16)22-18(23)14-21-12-11-15-7-3-1-4-8-15/h1-10,17,21H,11-14H2,(H2,20,24)(H,22,23). The highest BCUT2D eigenvalue weighted by Crippen LogP contribution is 2.03. The van der Waals surface area contributed by atoms with Gasteiger partial charge in [-0.2, -0.15) is 0 Å². The van der Waals surface area contributed by atoms with Crippen LogP contribution in [0.3, 0.4) is 0 Å². The van der Waals surface area contributed by atoms with Gasteiger partial charge in [-0.25, -0.2) is 0 Å². The molecule has 0 spiro atoms.